The Morgan fingerprint density at radius 1 is 1.33 bits per heavy atom. The van der Waals surface area contributed by atoms with Gasteiger partial charge in [-0.05, 0) is 56.3 Å². The lowest BCUT2D eigenvalue weighted by Crippen LogP contribution is -2.54. The van der Waals surface area contributed by atoms with Crippen LogP contribution >= 0.6 is 11.6 Å². The van der Waals surface area contributed by atoms with Crippen LogP contribution in [-0.2, 0) is 15.1 Å². The first-order valence-corrected chi connectivity index (χ1v) is 9.30. The molecule has 1 N–H and O–H groups in total. The highest BCUT2D eigenvalue weighted by atomic mass is 35.5. The van der Waals surface area contributed by atoms with Crippen molar-refractivity contribution < 1.29 is 9.53 Å². The Balaban J connectivity index is 1.63. The van der Waals surface area contributed by atoms with Gasteiger partial charge in [-0.3, -0.25) is 4.79 Å². The smallest absolute Gasteiger partial charge is 0.225 e. The molecule has 1 aromatic rings. The molecule has 1 aromatic carbocycles. The molecule has 3 rings (SSSR count). The molecule has 1 saturated carbocycles. The summed E-state index contributed by atoms with van der Waals surface area (Å²) in [5.74, 6) is 0.284. The number of ether oxygens (including phenoxy) is 1. The van der Waals surface area contributed by atoms with Crippen molar-refractivity contribution >= 4 is 17.5 Å². The van der Waals surface area contributed by atoms with Crippen LogP contribution in [0.4, 0.5) is 0 Å². The van der Waals surface area contributed by atoms with E-state index in [2.05, 4.69) is 10.2 Å². The van der Waals surface area contributed by atoms with E-state index in [1.54, 1.807) is 7.11 Å². The van der Waals surface area contributed by atoms with E-state index >= 15 is 0 Å². The number of halogens is 1. The zero-order valence-electron chi connectivity index (χ0n) is 14.4. The normalized spacial score (nSPS) is 23.5. The summed E-state index contributed by atoms with van der Waals surface area (Å²) in [6, 6.07) is 7.92. The minimum absolute atomic E-state index is 0.0837. The monoisotopic (exact) mass is 350 g/mol. The van der Waals surface area contributed by atoms with Crippen LogP contribution in [0.5, 0.6) is 0 Å². The standard InChI is InChI=1S/C19H27ClN2O2/c1-24-13-12-22-11-2-4-15(14-22)18(23)21-19(9-3-10-19)16-5-7-17(20)8-6-16/h5-8,15H,2-4,9-14H2,1H3,(H,21,23). The summed E-state index contributed by atoms with van der Waals surface area (Å²) in [5.41, 5.74) is 0.995. The van der Waals surface area contributed by atoms with Gasteiger partial charge in [-0.15, -0.1) is 0 Å². The molecule has 0 bridgehead atoms. The summed E-state index contributed by atoms with van der Waals surface area (Å²) in [7, 11) is 1.72. The predicted molar refractivity (Wildman–Crippen MR) is 96.2 cm³/mol. The van der Waals surface area contributed by atoms with E-state index < -0.39 is 0 Å². The molecule has 132 valence electrons. The highest BCUT2D eigenvalue weighted by Crippen LogP contribution is 2.42. The molecule has 1 aliphatic carbocycles. The summed E-state index contributed by atoms with van der Waals surface area (Å²) in [6.07, 6.45) is 5.25. The number of nitrogens with one attached hydrogen (secondary N) is 1. The van der Waals surface area contributed by atoms with Crippen molar-refractivity contribution in [2.45, 2.75) is 37.6 Å². The van der Waals surface area contributed by atoms with Gasteiger partial charge in [-0.25, -0.2) is 0 Å². The number of carbonyl (C=O) groups is 1. The number of piperidine rings is 1. The molecule has 24 heavy (non-hydrogen) atoms. The van der Waals surface area contributed by atoms with Gasteiger partial charge in [-0.1, -0.05) is 23.7 Å². The predicted octanol–water partition coefficient (Wildman–Crippen LogP) is 3.19. The molecule has 0 radical (unpaired) electrons. The lowest BCUT2D eigenvalue weighted by atomic mass is 9.71. The lowest BCUT2D eigenvalue weighted by Gasteiger charge is -2.44. The summed E-state index contributed by atoms with van der Waals surface area (Å²) >= 11 is 6.01. The van der Waals surface area contributed by atoms with Crippen LogP contribution in [0.3, 0.4) is 0 Å². The number of likely N-dealkylation sites (tertiary alicyclic amines) is 1. The van der Waals surface area contributed by atoms with Crippen molar-refractivity contribution in [2.75, 3.05) is 33.4 Å². The first kappa shape index (κ1) is 17.7. The highest BCUT2D eigenvalue weighted by molar-refractivity contribution is 6.30. The van der Waals surface area contributed by atoms with Crippen molar-refractivity contribution in [3.63, 3.8) is 0 Å². The van der Waals surface area contributed by atoms with E-state index in [1.165, 1.54) is 5.56 Å². The maximum atomic E-state index is 12.9. The number of benzene rings is 1. The average Bonchev–Trinajstić information content (AvgIpc) is 2.57. The highest BCUT2D eigenvalue weighted by Gasteiger charge is 2.41. The van der Waals surface area contributed by atoms with Gasteiger partial charge in [0.25, 0.3) is 0 Å². The van der Waals surface area contributed by atoms with Crippen LogP contribution in [-0.4, -0.2) is 44.2 Å². The Labute approximate surface area is 149 Å². The number of carbonyl (C=O) groups excluding carboxylic acids is 1. The third-order valence-electron chi connectivity index (χ3n) is 5.45. The zero-order chi connectivity index (χ0) is 17.0. The Bertz CT molecular complexity index is 557. The maximum Gasteiger partial charge on any atom is 0.225 e. The second kappa shape index (κ2) is 7.85. The van der Waals surface area contributed by atoms with Gasteiger partial charge in [0.05, 0.1) is 18.1 Å². The first-order chi connectivity index (χ1) is 11.6. The minimum Gasteiger partial charge on any atom is -0.383 e. The van der Waals surface area contributed by atoms with E-state index in [9.17, 15) is 4.79 Å². The molecule has 5 heteroatoms. The zero-order valence-corrected chi connectivity index (χ0v) is 15.1. The number of hydrogen-bond acceptors (Lipinski definition) is 3. The molecule has 1 atom stereocenters. The molecule has 1 unspecified atom stereocenters. The lowest BCUT2D eigenvalue weighted by molar-refractivity contribution is -0.130. The molecule has 0 aromatic heterocycles. The third kappa shape index (κ3) is 3.93. The quantitative estimate of drug-likeness (QED) is 0.856. The molecule has 1 amide bonds. The number of nitrogens with zero attached hydrogens (tertiary/aromatic N) is 1. The largest absolute Gasteiger partial charge is 0.383 e. The van der Waals surface area contributed by atoms with Crippen LogP contribution < -0.4 is 5.32 Å². The van der Waals surface area contributed by atoms with Crippen molar-refractivity contribution in [3.8, 4) is 0 Å². The summed E-state index contributed by atoms with van der Waals surface area (Å²) in [5, 5.41) is 4.11. The van der Waals surface area contributed by atoms with Crippen molar-refractivity contribution in [3.05, 3.63) is 34.9 Å². The third-order valence-corrected chi connectivity index (χ3v) is 5.71. The Morgan fingerprint density at radius 2 is 2.08 bits per heavy atom. The second-order valence-corrected chi connectivity index (χ2v) is 7.50. The fourth-order valence-corrected chi connectivity index (χ4v) is 3.94. The molecular formula is C19H27ClN2O2. The molecule has 1 saturated heterocycles. The summed E-state index contributed by atoms with van der Waals surface area (Å²) in [6.45, 7) is 3.53. The molecule has 1 heterocycles. The van der Waals surface area contributed by atoms with E-state index in [0.29, 0.717) is 0 Å². The topological polar surface area (TPSA) is 41.6 Å². The Hall–Kier alpha value is -1.10. The van der Waals surface area contributed by atoms with Gasteiger partial charge in [-0.2, -0.15) is 0 Å². The van der Waals surface area contributed by atoms with E-state index in [-0.39, 0.29) is 17.4 Å². The van der Waals surface area contributed by atoms with Crippen molar-refractivity contribution in [1.29, 1.82) is 0 Å². The van der Waals surface area contributed by atoms with Crippen LogP contribution in [0.15, 0.2) is 24.3 Å². The van der Waals surface area contributed by atoms with Crippen LogP contribution in [0, 0.1) is 5.92 Å². The number of methoxy groups -OCH3 is 1. The van der Waals surface area contributed by atoms with Crippen LogP contribution in [0.2, 0.25) is 5.02 Å². The SMILES string of the molecule is COCCN1CCCC(C(=O)NC2(c3ccc(Cl)cc3)CCC2)C1. The van der Waals surface area contributed by atoms with Gasteiger partial charge in [0.15, 0.2) is 0 Å². The number of hydrogen-bond donors (Lipinski definition) is 1. The fraction of sp³-hybridized carbons (Fsp3) is 0.632. The van der Waals surface area contributed by atoms with Gasteiger partial charge in [0.1, 0.15) is 0 Å². The molecule has 0 spiro atoms. The summed E-state index contributed by atoms with van der Waals surface area (Å²) < 4.78 is 5.16. The van der Waals surface area contributed by atoms with Gasteiger partial charge < -0.3 is 15.0 Å². The average molecular weight is 351 g/mol. The minimum atomic E-state index is -0.184. The van der Waals surface area contributed by atoms with E-state index in [1.807, 2.05) is 24.3 Å². The summed E-state index contributed by atoms with van der Waals surface area (Å²) in [4.78, 5) is 15.2. The van der Waals surface area contributed by atoms with Crippen molar-refractivity contribution in [1.82, 2.24) is 10.2 Å². The maximum absolute atomic E-state index is 12.9. The molecular weight excluding hydrogens is 324 g/mol. The fourth-order valence-electron chi connectivity index (χ4n) is 3.82. The molecule has 4 nitrogen and oxygen atoms in total. The van der Waals surface area contributed by atoms with E-state index in [4.69, 9.17) is 16.3 Å². The van der Waals surface area contributed by atoms with Crippen LogP contribution in [0.1, 0.15) is 37.7 Å². The Kier molecular flexibility index (Phi) is 5.80. The first-order valence-electron chi connectivity index (χ1n) is 8.92. The molecule has 2 aliphatic rings. The van der Waals surface area contributed by atoms with Gasteiger partial charge >= 0.3 is 0 Å². The van der Waals surface area contributed by atoms with Crippen molar-refractivity contribution in [2.24, 2.45) is 5.92 Å². The molecule has 2 fully saturated rings. The number of amides is 1. The van der Waals surface area contributed by atoms with Crippen LogP contribution in [0.25, 0.3) is 0 Å². The van der Waals surface area contributed by atoms with Gasteiger partial charge in [0, 0.05) is 25.2 Å². The Morgan fingerprint density at radius 3 is 2.71 bits per heavy atom. The van der Waals surface area contributed by atoms with Gasteiger partial charge in [0.2, 0.25) is 5.91 Å². The molecule has 1 aliphatic heterocycles. The second-order valence-electron chi connectivity index (χ2n) is 7.06. The number of rotatable bonds is 6. The van der Waals surface area contributed by atoms with E-state index in [0.717, 1.165) is 63.4 Å².